The van der Waals surface area contributed by atoms with Crippen LogP contribution >= 0.6 is 0 Å². The summed E-state index contributed by atoms with van der Waals surface area (Å²) in [6, 6.07) is 4.60. The van der Waals surface area contributed by atoms with Crippen LogP contribution in [0.25, 0.3) is 0 Å². The molecule has 0 saturated carbocycles. The predicted octanol–water partition coefficient (Wildman–Crippen LogP) is 2.49. The maximum Gasteiger partial charge on any atom is 0.158 e. The first kappa shape index (κ1) is 12.4. The van der Waals surface area contributed by atoms with E-state index in [0.717, 1.165) is 5.56 Å². The van der Waals surface area contributed by atoms with Crippen LogP contribution in [0.2, 0.25) is 0 Å². The Kier molecular flexibility index (Phi) is 3.42. The zero-order valence-corrected chi connectivity index (χ0v) is 9.98. The van der Waals surface area contributed by atoms with E-state index >= 15 is 0 Å². The lowest BCUT2D eigenvalue weighted by Gasteiger charge is -2.20. The third-order valence-corrected chi connectivity index (χ3v) is 2.14. The minimum absolute atomic E-state index is 0.144. The van der Waals surface area contributed by atoms with Crippen LogP contribution in [0.15, 0.2) is 23.4 Å². The molecule has 0 amide bonds. The van der Waals surface area contributed by atoms with Gasteiger partial charge in [0.1, 0.15) is 7.11 Å². The van der Waals surface area contributed by atoms with E-state index in [1.165, 1.54) is 19.2 Å². The number of benzene rings is 1. The standard InChI is InChI=1S/C12H17NO3/c1-12(2,3)11(13-16-4)8-5-6-9(14)10(15)7-8/h5-7,14-15H,1-4H3/b13-11+. The third kappa shape index (κ3) is 2.66. The van der Waals surface area contributed by atoms with E-state index in [0.29, 0.717) is 5.71 Å². The molecular formula is C12H17NO3. The number of nitrogens with zero attached hydrogens (tertiary/aromatic N) is 1. The zero-order chi connectivity index (χ0) is 12.3. The van der Waals surface area contributed by atoms with Crippen LogP contribution in [0.3, 0.4) is 0 Å². The molecule has 0 bridgehead atoms. The maximum absolute atomic E-state index is 9.44. The number of phenols is 2. The van der Waals surface area contributed by atoms with Gasteiger partial charge in [-0.3, -0.25) is 0 Å². The van der Waals surface area contributed by atoms with Crippen molar-refractivity contribution in [2.24, 2.45) is 10.6 Å². The normalized spacial score (nSPS) is 12.6. The molecule has 88 valence electrons. The van der Waals surface area contributed by atoms with E-state index in [1.807, 2.05) is 20.8 Å². The first-order chi connectivity index (χ1) is 7.36. The molecule has 0 aliphatic rings. The minimum Gasteiger partial charge on any atom is -0.504 e. The first-order valence-electron chi connectivity index (χ1n) is 5.00. The van der Waals surface area contributed by atoms with Crippen molar-refractivity contribution in [2.75, 3.05) is 7.11 Å². The van der Waals surface area contributed by atoms with E-state index in [-0.39, 0.29) is 16.9 Å². The Morgan fingerprint density at radius 2 is 1.81 bits per heavy atom. The second-order valence-electron chi connectivity index (χ2n) is 4.58. The monoisotopic (exact) mass is 223 g/mol. The lowest BCUT2D eigenvalue weighted by molar-refractivity contribution is 0.209. The average Bonchev–Trinajstić information content (AvgIpc) is 2.17. The number of rotatable bonds is 2. The molecule has 1 aromatic carbocycles. The summed E-state index contributed by atoms with van der Waals surface area (Å²) in [7, 11) is 1.48. The molecule has 0 spiro atoms. The molecule has 0 saturated heterocycles. The van der Waals surface area contributed by atoms with E-state index < -0.39 is 0 Å². The van der Waals surface area contributed by atoms with Crippen molar-refractivity contribution in [3.05, 3.63) is 23.8 Å². The summed E-state index contributed by atoms with van der Waals surface area (Å²) in [5.41, 5.74) is 1.23. The van der Waals surface area contributed by atoms with Crippen molar-refractivity contribution in [1.29, 1.82) is 0 Å². The van der Waals surface area contributed by atoms with Crippen molar-refractivity contribution in [2.45, 2.75) is 20.8 Å². The Hall–Kier alpha value is -1.71. The van der Waals surface area contributed by atoms with Gasteiger partial charge in [0.05, 0.1) is 5.71 Å². The van der Waals surface area contributed by atoms with Crippen LogP contribution in [0.4, 0.5) is 0 Å². The molecule has 0 aliphatic heterocycles. The van der Waals surface area contributed by atoms with Crippen molar-refractivity contribution in [1.82, 2.24) is 0 Å². The molecule has 4 nitrogen and oxygen atoms in total. The molecule has 0 atom stereocenters. The maximum atomic E-state index is 9.44. The summed E-state index contributed by atoms with van der Waals surface area (Å²) in [6.07, 6.45) is 0. The van der Waals surface area contributed by atoms with Gasteiger partial charge in [-0.15, -0.1) is 0 Å². The molecule has 0 aromatic heterocycles. The second-order valence-corrected chi connectivity index (χ2v) is 4.58. The highest BCUT2D eigenvalue weighted by Gasteiger charge is 2.22. The van der Waals surface area contributed by atoms with Gasteiger partial charge < -0.3 is 15.1 Å². The highest BCUT2D eigenvalue weighted by molar-refractivity contribution is 6.04. The van der Waals surface area contributed by atoms with Crippen LogP contribution in [0.1, 0.15) is 26.3 Å². The molecule has 1 rings (SSSR count). The Balaban J connectivity index is 3.23. The van der Waals surface area contributed by atoms with Crippen LogP contribution in [-0.2, 0) is 4.84 Å². The lowest BCUT2D eigenvalue weighted by atomic mass is 9.85. The summed E-state index contributed by atoms with van der Waals surface area (Å²) in [4.78, 5) is 4.80. The van der Waals surface area contributed by atoms with Gasteiger partial charge in [0, 0.05) is 11.0 Å². The summed E-state index contributed by atoms with van der Waals surface area (Å²) in [5.74, 6) is -0.306. The van der Waals surface area contributed by atoms with Crippen LogP contribution in [0, 0.1) is 5.41 Å². The van der Waals surface area contributed by atoms with Crippen LogP contribution in [-0.4, -0.2) is 23.0 Å². The number of hydrogen-bond acceptors (Lipinski definition) is 4. The van der Waals surface area contributed by atoms with Crippen LogP contribution < -0.4 is 0 Å². The van der Waals surface area contributed by atoms with E-state index in [1.54, 1.807) is 6.07 Å². The molecular weight excluding hydrogens is 206 g/mol. The summed E-state index contributed by atoms with van der Waals surface area (Å²) >= 11 is 0. The minimum atomic E-state index is -0.209. The molecule has 4 heteroatoms. The van der Waals surface area contributed by atoms with E-state index in [4.69, 9.17) is 4.84 Å². The molecule has 0 aliphatic carbocycles. The fraction of sp³-hybridized carbons (Fsp3) is 0.417. The average molecular weight is 223 g/mol. The van der Waals surface area contributed by atoms with E-state index in [2.05, 4.69) is 5.16 Å². The highest BCUT2D eigenvalue weighted by Crippen LogP contribution is 2.29. The Morgan fingerprint density at radius 3 is 2.25 bits per heavy atom. The van der Waals surface area contributed by atoms with Crippen molar-refractivity contribution in [3.8, 4) is 11.5 Å². The molecule has 2 N–H and O–H groups in total. The van der Waals surface area contributed by atoms with Gasteiger partial charge in [-0.2, -0.15) is 0 Å². The van der Waals surface area contributed by atoms with Gasteiger partial charge in [0.15, 0.2) is 11.5 Å². The number of phenolic OH excluding ortho intramolecular Hbond substituents is 2. The topological polar surface area (TPSA) is 62.0 Å². The van der Waals surface area contributed by atoms with Crippen LogP contribution in [0.5, 0.6) is 11.5 Å². The molecule has 0 radical (unpaired) electrons. The molecule has 1 aromatic rings. The lowest BCUT2D eigenvalue weighted by Crippen LogP contribution is -2.21. The molecule has 0 fully saturated rings. The first-order valence-corrected chi connectivity index (χ1v) is 5.00. The Bertz CT molecular complexity index is 405. The largest absolute Gasteiger partial charge is 0.504 e. The highest BCUT2D eigenvalue weighted by atomic mass is 16.6. The smallest absolute Gasteiger partial charge is 0.158 e. The fourth-order valence-electron chi connectivity index (χ4n) is 1.38. The Labute approximate surface area is 95.2 Å². The number of oxime groups is 1. The quantitative estimate of drug-likeness (QED) is 0.460. The zero-order valence-electron chi connectivity index (χ0n) is 9.98. The SMILES string of the molecule is CO/N=C(\c1ccc(O)c(O)c1)C(C)(C)C. The van der Waals surface area contributed by atoms with E-state index in [9.17, 15) is 10.2 Å². The number of aromatic hydroxyl groups is 2. The van der Waals surface area contributed by atoms with Crippen molar-refractivity contribution in [3.63, 3.8) is 0 Å². The van der Waals surface area contributed by atoms with Gasteiger partial charge in [-0.05, 0) is 18.2 Å². The predicted molar refractivity (Wildman–Crippen MR) is 62.8 cm³/mol. The molecule has 0 unspecified atom stereocenters. The van der Waals surface area contributed by atoms with Gasteiger partial charge in [-0.25, -0.2) is 0 Å². The summed E-state index contributed by atoms with van der Waals surface area (Å²) in [5, 5.41) is 22.6. The second kappa shape index (κ2) is 4.43. The van der Waals surface area contributed by atoms with Crippen molar-refractivity contribution < 1.29 is 15.1 Å². The third-order valence-electron chi connectivity index (χ3n) is 2.14. The Morgan fingerprint density at radius 1 is 1.19 bits per heavy atom. The summed E-state index contributed by atoms with van der Waals surface area (Å²) in [6.45, 7) is 5.98. The van der Waals surface area contributed by atoms with Crippen molar-refractivity contribution >= 4 is 5.71 Å². The molecule has 16 heavy (non-hydrogen) atoms. The van der Waals surface area contributed by atoms with Gasteiger partial charge in [0.2, 0.25) is 0 Å². The van der Waals surface area contributed by atoms with Gasteiger partial charge in [0.25, 0.3) is 0 Å². The molecule has 0 heterocycles. The fourth-order valence-corrected chi connectivity index (χ4v) is 1.38. The van der Waals surface area contributed by atoms with Gasteiger partial charge >= 0.3 is 0 Å². The van der Waals surface area contributed by atoms with Gasteiger partial charge in [-0.1, -0.05) is 25.9 Å². The number of hydrogen-bond donors (Lipinski definition) is 2. The summed E-state index contributed by atoms with van der Waals surface area (Å²) < 4.78 is 0.